The van der Waals surface area contributed by atoms with Crippen molar-refractivity contribution >= 4 is 34.6 Å². The van der Waals surface area contributed by atoms with Gasteiger partial charge in [0.2, 0.25) is 0 Å². The number of nitrogens with two attached hydrogens (primary N) is 1. The molecule has 0 saturated carbocycles. The van der Waals surface area contributed by atoms with Crippen molar-refractivity contribution < 1.29 is 13.5 Å². The molecule has 1 aliphatic heterocycles. The molecular formula is C14H16NO3PS. The Morgan fingerprint density at radius 3 is 2.65 bits per heavy atom. The lowest BCUT2D eigenvalue weighted by atomic mass is 10.4. The van der Waals surface area contributed by atoms with E-state index in [0.717, 1.165) is 0 Å². The normalized spacial score (nSPS) is 24.6. The van der Waals surface area contributed by atoms with E-state index >= 15 is 0 Å². The first-order chi connectivity index (χ1) is 9.39. The van der Waals surface area contributed by atoms with Gasteiger partial charge in [0.1, 0.15) is 11.1 Å². The first-order valence-corrected chi connectivity index (χ1v) is 9.32. The van der Waals surface area contributed by atoms with Crippen LogP contribution in [0.4, 0.5) is 5.69 Å². The maximum absolute atomic E-state index is 13.7. The third-order valence-electron chi connectivity index (χ3n) is 3.72. The van der Waals surface area contributed by atoms with Crippen molar-refractivity contribution in [1.82, 2.24) is 0 Å². The Labute approximate surface area is 120 Å². The topological polar surface area (TPSA) is 79.3 Å². The molecule has 0 bridgehead atoms. The predicted octanol–water partition coefficient (Wildman–Crippen LogP) is 2.37. The van der Waals surface area contributed by atoms with Gasteiger partial charge in [-0.3, -0.25) is 0 Å². The van der Waals surface area contributed by atoms with Crippen LogP contribution in [0.2, 0.25) is 0 Å². The number of hydrogen-bond acceptors (Lipinski definition) is 4. The van der Waals surface area contributed by atoms with E-state index in [4.69, 9.17) is 10.2 Å². The number of rotatable bonds is 1. The first-order valence-electron chi connectivity index (χ1n) is 6.39. The second-order valence-electron chi connectivity index (χ2n) is 5.20. The molecule has 1 aromatic carbocycles. The minimum Gasteiger partial charge on any atom is -0.604 e. The van der Waals surface area contributed by atoms with Crippen LogP contribution < -0.4 is 16.3 Å². The smallest absolute Gasteiger partial charge is 0.330 e. The number of benzene rings is 1. The molecule has 1 aliphatic rings. The Hall–Kier alpha value is -1.16. The summed E-state index contributed by atoms with van der Waals surface area (Å²) in [6.45, 7) is 5.51. The van der Waals surface area contributed by atoms with Crippen molar-refractivity contribution in [3.05, 3.63) is 30.0 Å². The Morgan fingerprint density at radius 2 is 2.00 bits per heavy atom. The Bertz CT molecular complexity index is 738. The summed E-state index contributed by atoms with van der Waals surface area (Å²) in [5.74, 6) is 0.483. The third kappa shape index (κ3) is 1.57. The predicted molar refractivity (Wildman–Crippen MR) is 81.0 cm³/mol. The quantitative estimate of drug-likeness (QED) is 0.648. The minimum atomic E-state index is -2.93. The van der Waals surface area contributed by atoms with E-state index < -0.39 is 18.3 Å². The molecule has 2 atom stereocenters. The van der Waals surface area contributed by atoms with Crippen molar-refractivity contribution in [2.75, 3.05) is 5.73 Å². The van der Waals surface area contributed by atoms with Crippen LogP contribution in [-0.2, 0) is 15.7 Å². The van der Waals surface area contributed by atoms with Crippen LogP contribution in [0, 0.1) is 6.92 Å². The number of fused-ring (bicyclic) bond motifs is 2. The summed E-state index contributed by atoms with van der Waals surface area (Å²) >= 11 is -1.46. The van der Waals surface area contributed by atoms with Gasteiger partial charge in [-0.25, -0.2) is 0 Å². The maximum Gasteiger partial charge on any atom is 0.330 e. The molecule has 0 radical (unpaired) electrons. The zero-order valence-electron chi connectivity index (χ0n) is 11.5. The largest absolute Gasteiger partial charge is 0.604 e. The summed E-state index contributed by atoms with van der Waals surface area (Å²) in [6.07, 6.45) is 0. The van der Waals surface area contributed by atoms with Crippen molar-refractivity contribution in [3.8, 4) is 0 Å². The van der Waals surface area contributed by atoms with Gasteiger partial charge in [0.25, 0.3) is 0 Å². The molecule has 6 heteroatoms. The van der Waals surface area contributed by atoms with Crippen LogP contribution in [0.3, 0.4) is 0 Å². The lowest BCUT2D eigenvalue weighted by Gasteiger charge is -2.28. The highest BCUT2D eigenvalue weighted by molar-refractivity contribution is 7.95. The van der Waals surface area contributed by atoms with Gasteiger partial charge in [0, 0.05) is 5.66 Å². The van der Waals surface area contributed by atoms with Crippen LogP contribution in [-0.4, -0.2) is 10.2 Å². The second-order valence-corrected chi connectivity index (χ2v) is 9.82. The molecule has 3 rings (SSSR count). The summed E-state index contributed by atoms with van der Waals surface area (Å²) in [6, 6.07) is 7.15. The summed E-state index contributed by atoms with van der Waals surface area (Å²) in [5.41, 5.74) is 6.30. The second kappa shape index (κ2) is 4.42. The average molecular weight is 309 g/mol. The van der Waals surface area contributed by atoms with Gasteiger partial charge in [-0.1, -0.05) is 26.0 Å². The number of furan rings is 1. The maximum atomic E-state index is 13.7. The van der Waals surface area contributed by atoms with E-state index in [0.29, 0.717) is 27.0 Å². The van der Waals surface area contributed by atoms with Gasteiger partial charge in [-0.15, -0.1) is 0 Å². The first kappa shape index (κ1) is 13.8. The molecular weight excluding hydrogens is 293 g/mol. The monoisotopic (exact) mass is 309 g/mol. The number of aryl methyl sites for hydroxylation is 1. The summed E-state index contributed by atoms with van der Waals surface area (Å²) in [5, 5.41) is 1.37. The third-order valence-corrected chi connectivity index (χ3v) is 9.08. The summed E-state index contributed by atoms with van der Waals surface area (Å²) in [7, 11) is -2.93. The molecule has 0 spiro atoms. The Balaban J connectivity index is 2.44. The van der Waals surface area contributed by atoms with Crippen molar-refractivity contribution in [3.63, 3.8) is 0 Å². The molecule has 2 unspecified atom stereocenters. The molecule has 2 heterocycles. The van der Waals surface area contributed by atoms with Crippen LogP contribution in [0.1, 0.15) is 19.6 Å². The Morgan fingerprint density at radius 1 is 1.35 bits per heavy atom. The zero-order valence-corrected chi connectivity index (χ0v) is 13.3. The van der Waals surface area contributed by atoms with Crippen LogP contribution in [0.5, 0.6) is 0 Å². The SMILES string of the molecule is Cc1oc2c(c1N)P(=O)(C(C)C)c1ccccc1[S+]2[O-]. The fourth-order valence-electron chi connectivity index (χ4n) is 2.60. The van der Waals surface area contributed by atoms with Gasteiger partial charge in [0.15, 0.2) is 12.0 Å². The Kier molecular flexibility index (Phi) is 3.05. The van der Waals surface area contributed by atoms with E-state index in [1.54, 1.807) is 25.1 Å². The van der Waals surface area contributed by atoms with Gasteiger partial charge >= 0.3 is 5.09 Å². The van der Waals surface area contributed by atoms with E-state index in [9.17, 15) is 9.12 Å². The lowest BCUT2D eigenvalue weighted by Crippen LogP contribution is -2.34. The van der Waals surface area contributed by atoms with E-state index in [2.05, 4.69) is 0 Å². The van der Waals surface area contributed by atoms with Crippen LogP contribution >= 0.6 is 7.14 Å². The molecule has 0 saturated heterocycles. The minimum absolute atomic E-state index is 0.126. The number of anilines is 1. The molecule has 0 amide bonds. The standard InChI is InChI=1S/C14H16NO3PS/c1-8(2)19(16)10-6-4-5-7-11(10)20(17)14-13(19)12(15)9(3)18-14/h4-8H,15H2,1-3H3. The molecule has 106 valence electrons. The molecule has 2 aromatic rings. The zero-order chi connectivity index (χ0) is 14.7. The van der Waals surface area contributed by atoms with Gasteiger partial charge in [0.05, 0.1) is 22.2 Å². The summed E-state index contributed by atoms with van der Waals surface area (Å²) in [4.78, 5) is 0.575. The van der Waals surface area contributed by atoms with Gasteiger partial charge < -0.3 is 19.3 Å². The van der Waals surface area contributed by atoms with Crippen molar-refractivity contribution in [1.29, 1.82) is 0 Å². The molecule has 20 heavy (non-hydrogen) atoms. The van der Waals surface area contributed by atoms with Crippen LogP contribution in [0.15, 0.2) is 38.7 Å². The van der Waals surface area contributed by atoms with E-state index in [1.165, 1.54) is 0 Å². The van der Waals surface area contributed by atoms with Crippen LogP contribution in [0.25, 0.3) is 0 Å². The van der Waals surface area contributed by atoms with E-state index in [1.807, 2.05) is 19.9 Å². The highest BCUT2D eigenvalue weighted by Gasteiger charge is 2.50. The number of hydrogen-bond donors (Lipinski definition) is 1. The molecule has 1 aromatic heterocycles. The van der Waals surface area contributed by atoms with Crippen molar-refractivity contribution in [2.24, 2.45) is 0 Å². The molecule has 4 nitrogen and oxygen atoms in total. The molecule has 0 aliphatic carbocycles. The fourth-order valence-corrected chi connectivity index (χ4v) is 7.92. The highest BCUT2D eigenvalue weighted by atomic mass is 32.2. The fraction of sp³-hybridized carbons (Fsp3) is 0.286. The van der Waals surface area contributed by atoms with Gasteiger partial charge in [-0.2, -0.15) is 0 Å². The molecule has 0 fully saturated rings. The van der Waals surface area contributed by atoms with Crippen molar-refractivity contribution in [2.45, 2.75) is 36.4 Å². The van der Waals surface area contributed by atoms with Gasteiger partial charge in [-0.05, 0) is 19.1 Å². The number of nitrogen functional groups attached to an aromatic ring is 1. The lowest BCUT2D eigenvalue weighted by molar-refractivity contribution is 0.432. The van der Waals surface area contributed by atoms with E-state index in [-0.39, 0.29) is 10.8 Å². The summed E-state index contributed by atoms with van der Waals surface area (Å²) < 4.78 is 31.9. The highest BCUT2D eigenvalue weighted by Crippen LogP contribution is 2.56. The molecule has 2 N–H and O–H groups in total. The average Bonchev–Trinajstić information content (AvgIpc) is 2.73.